The van der Waals surface area contributed by atoms with Gasteiger partial charge >= 0.3 is 0 Å². The maximum atomic E-state index is 8.49. The largest absolute Gasteiger partial charge is 0.309 e. The summed E-state index contributed by atoms with van der Waals surface area (Å²) in [6.45, 7) is 0.921. The molecule has 0 amide bonds. The first-order valence-corrected chi connectivity index (χ1v) is 10.8. The predicted molar refractivity (Wildman–Crippen MR) is 102 cm³/mol. The SMILES string of the molecule is Clc1ccc2c(c1)C(c1ccccc1)=[NH+]C1Cc3ccccc3CN21.[O-][Cl+3]([O-])([O-])[O-]. The van der Waals surface area contributed by atoms with E-state index in [4.69, 9.17) is 30.2 Å². The lowest BCUT2D eigenvalue weighted by Crippen LogP contribution is -2.87. The third kappa shape index (κ3) is 4.65. The van der Waals surface area contributed by atoms with Crippen molar-refractivity contribution in [1.82, 2.24) is 0 Å². The van der Waals surface area contributed by atoms with E-state index in [1.165, 1.54) is 33.7 Å². The van der Waals surface area contributed by atoms with Crippen LogP contribution in [0.2, 0.25) is 5.02 Å². The van der Waals surface area contributed by atoms with Gasteiger partial charge in [-0.25, -0.2) is 23.6 Å². The second kappa shape index (κ2) is 8.35. The quantitative estimate of drug-likeness (QED) is 0.486. The molecule has 30 heavy (non-hydrogen) atoms. The van der Waals surface area contributed by atoms with E-state index in [2.05, 4.69) is 76.6 Å². The van der Waals surface area contributed by atoms with E-state index in [1.807, 2.05) is 6.07 Å². The first-order chi connectivity index (χ1) is 14.3. The van der Waals surface area contributed by atoms with Crippen molar-refractivity contribution in [3.05, 3.63) is 100 Å². The van der Waals surface area contributed by atoms with E-state index in [0.717, 1.165) is 18.0 Å². The molecule has 1 N–H and O–H groups in total. The second-order valence-electron chi connectivity index (χ2n) is 7.04. The number of anilines is 1. The van der Waals surface area contributed by atoms with Crippen LogP contribution in [0.25, 0.3) is 0 Å². The van der Waals surface area contributed by atoms with E-state index in [-0.39, 0.29) is 6.17 Å². The Morgan fingerprint density at radius 2 is 1.50 bits per heavy atom. The number of rotatable bonds is 1. The Kier molecular flexibility index (Phi) is 5.79. The summed E-state index contributed by atoms with van der Waals surface area (Å²) in [7, 11) is -4.94. The average Bonchev–Trinajstić information content (AvgIpc) is 2.71. The van der Waals surface area contributed by atoms with Crippen LogP contribution in [0, 0.1) is 10.2 Å². The summed E-state index contributed by atoms with van der Waals surface area (Å²) in [5.41, 5.74) is 7.63. The molecule has 0 spiro atoms. The summed E-state index contributed by atoms with van der Waals surface area (Å²) in [5.74, 6) is 0. The normalized spacial score (nSPS) is 17.0. The van der Waals surface area contributed by atoms with Crippen LogP contribution in [-0.2, 0) is 13.0 Å². The van der Waals surface area contributed by atoms with E-state index >= 15 is 0 Å². The Morgan fingerprint density at radius 3 is 2.20 bits per heavy atom. The topological polar surface area (TPSA) is 109 Å². The van der Waals surface area contributed by atoms with Gasteiger partial charge in [-0.15, -0.1) is 10.2 Å². The van der Waals surface area contributed by atoms with Crippen LogP contribution in [0.4, 0.5) is 5.69 Å². The molecular formula is C22H18Cl2N2O4. The van der Waals surface area contributed by atoms with Gasteiger partial charge in [0, 0.05) is 17.1 Å². The van der Waals surface area contributed by atoms with Gasteiger partial charge in [-0.2, -0.15) is 0 Å². The summed E-state index contributed by atoms with van der Waals surface area (Å²) < 4.78 is 34.0. The van der Waals surface area contributed by atoms with Crippen LogP contribution in [-0.4, -0.2) is 11.9 Å². The molecule has 0 radical (unpaired) electrons. The van der Waals surface area contributed by atoms with E-state index in [1.54, 1.807) is 0 Å². The Hall–Kier alpha value is -2.45. The first kappa shape index (κ1) is 20.8. The van der Waals surface area contributed by atoms with Gasteiger partial charge in [-0.3, -0.25) is 0 Å². The van der Waals surface area contributed by atoms with Crippen LogP contribution in [0.1, 0.15) is 22.3 Å². The van der Waals surface area contributed by atoms with Crippen molar-refractivity contribution < 1.29 is 33.9 Å². The number of fused-ring (bicyclic) bond motifs is 4. The van der Waals surface area contributed by atoms with Crippen LogP contribution in [0.3, 0.4) is 0 Å². The number of nitrogens with zero attached hydrogens (tertiary/aromatic N) is 1. The van der Waals surface area contributed by atoms with Gasteiger partial charge < -0.3 is 4.90 Å². The summed E-state index contributed by atoms with van der Waals surface area (Å²) >= 11 is 6.33. The highest BCUT2D eigenvalue weighted by Gasteiger charge is 2.37. The summed E-state index contributed by atoms with van der Waals surface area (Å²) in [4.78, 5) is 6.24. The van der Waals surface area contributed by atoms with E-state index < -0.39 is 10.2 Å². The van der Waals surface area contributed by atoms with Gasteiger partial charge in [-0.05, 0) is 41.5 Å². The number of hydrogen-bond donors (Lipinski definition) is 1. The molecule has 2 heterocycles. The first-order valence-electron chi connectivity index (χ1n) is 9.23. The smallest absolute Gasteiger partial charge is 0.231 e. The number of benzene rings is 3. The monoisotopic (exact) mass is 444 g/mol. The highest BCUT2D eigenvalue weighted by atomic mass is 35.7. The van der Waals surface area contributed by atoms with Gasteiger partial charge in [-0.1, -0.05) is 54.1 Å². The fourth-order valence-electron chi connectivity index (χ4n) is 3.95. The minimum Gasteiger partial charge on any atom is -0.309 e. The molecular weight excluding hydrogens is 427 g/mol. The molecule has 5 rings (SSSR count). The van der Waals surface area contributed by atoms with Crippen molar-refractivity contribution in [2.24, 2.45) is 0 Å². The molecule has 0 aromatic heterocycles. The Bertz CT molecular complexity index is 1080. The van der Waals surface area contributed by atoms with Crippen LogP contribution in [0.5, 0.6) is 0 Å². The van der Waals surface area contributed by atoms with Crippen molar-refractivity contribution >= 4 is 23.0 Å². The Morgan fingerprint density at radius 1 is 0.867 bits per heavy atom. The molecule has 0 bridgehead atoms. The standard InChI is InChI=1S/C22H17ClN2.ClHO4/c23-18-10-11-20-19(13-18)22(15-6-2-1-3-7-15)24-21-12-16-8-4-5-9-17(16)14-25(20)21;2-1(3,4)5/h1-11,13,21H,12,14H2;(H,2,3,4,5). The predicted octanol–water partition coefficient (Wildman–Crippen LogP) is -1.60. The summed E-state index contributed by atoms with van der Waals surface area (Å²) in [5, 5.41) is 0.768. The molecule has 3 aromatic rings. The van der Waals surface area contributed by atoms with Crippen molar-refractivity contribution in [2.45, 2.75) is 19.1 Å². The zero-order valence-electron chi connectivity index (χ0n) is 15.8. The molecule has 8 heteroatoms. The van der Waals surface area contributed by atoms with Crippen molar-refractivity contribution in [3.8, 4) is 0 Å². The molecule has 1 atom stereocenters. The van der Waals surface area contributed by atoms with Gasteiger partial charge in [0.15, 0.2) is 0 Å². The molecule has 3 aromatic carbocycles. The fourth-order valence-corrected chi connectivity index (χ4v) is 4.12. The van der Waals surface area contributed by atoms with Gasteiger partial charge in [0.1, 0.15) is 0 Å². The van der Waals surface area contributed by atoms with Crippen LogP contribution in [0.15, 0.2) is 72.8 Å². The van der Waals surface area contributed by atoms with Crippen LogP contribution >= 0.6 is 11.6 Å². The molecule has 0 aliphatic carbocycles. The van der Waals surface area contributed by atoms with Crippen molar-refractivity contribution in [3.63, 3.8) is 0 Å². The number of hydrogen-bond acceptors (Lipinski definition) is 5. The lowest BCUT2D eigenvalue weighted by molar-refractivity contribution is -2.00. The molecule has 2 aliphatic heterocycles. The highest BCUT2D eigenvalue weighted by molar-refractivity contribution is 6.31. The zero-order valence-corrected chi connectivity index (χ0v) is 17.3. The average molecular weight is 445 g/mol. The highest BCUT2D eigenvalue weighted by Crippen LogP contribution is 2.33. The molecule has 154 valence electrons. The maximum Gasteiger partial charge on any atom is 0.231 e. The molecule has 0 saturated carbocycles. The molecule has 0 fully saturated rings. The Labute approximate surface area is 181 Å². The summed E-state index contributed by atoms with van der Waals surface area (Å²) in [6.07, 6.45) is 1.26. The Balaban J connectivity index is 0.000000393. The minimum absolute atomic E-state index is 0.263. The second-order valence-corrected chi connectivity index (χ2v) is 8.23. The van der Waals surface area contributed by atoms with Crippen molar-refractivity contribution in [1.29, 1.82) is 0 Å². The van der Waals surface area contributed by atoms with Gasteiger partial charge in [0.2, 0.25) is 11.9 Å². The van der Waals surface area contributed by atoms with Crippen molar-refractivity contribution in [2.75, 3.05) is 4.90 Å². The number of halogens is 2. The number of nitrogens with one attached hydrogen (secondary N) is 1. The maximum absolute atomic E-state index is 8.49. The van der Waals surface area contributed by atoms with E-state index in [0.29, 0.717) is 0 Å². The molecule has 2 aliphatic rings. The lowest BCUT2D eigenvalue weighted by Gasteiger charge is -2.37. The third-order valence-corrected chi connectivity index (χ3v) is 5.39. The summed E-state index contributed by atoms with van der Waals surface area (Å²) in [6, 6.07) is 25.5. The molecule has 6 nitrogen and oxygen atoms in total. The zero-order chi connectivity index (χ0) is 21.3. The van der Waals surface area contributed by atoms with Gasteiger partial charge in [0.25, 0.3) is 0 Å². The van der Waals surface area contributed by atoms with Gasteiger partial charge in [0.05, 0.1) is 17.7 Å². The molecule has 1 unspecified atom stereocenters. The van der Waals surface area contributed by atoms with Crippen LogP contribution < -0.4 is 28.5 Å². The third-order valence-electron chi connectivity index (χ3n) is 5.16. The minimum atomic E-state index is -4.94. The lowest BCUT2D eigenvalue weighted by atomic mass is 9.92. The van der Waals surface area contributed by atoms with E-state index in [9.17, 15) is 0 Å². The fraction of sp³-hybridized carbons (Fsp3) is 0.136. The molecule has 0 saturated heterocycles.